The van der Waals surface area contributed by atoms with E-state index in [4.69, 9.17) is 28.2 Å². The fourth-order valence-electron chi connectivity index (χ4n) is 2.83. The maximum atomic E-state index is 13.3. The molecule has 0 spiro atoms. The minimum Gasteiger partial charge on any atom is -0.309 e. The molecular formula is C20H21Cl2N3OS. The molecule has 3 aromatic rings. The van der Waals surface area contributed by atoms with Crippen LogP contribution in [-0.2, 0) is 0 Å². The van der Waals surface area contributed by atoms with Crippen LogP contribution in [0.5, 0.6) is 0 Å². The lowest BCUT2D eigenvalue weighted by Gasteiger charge is -2.21. The first-order valence-electron chi connectivity index (χ1n) is 8.64. The van der Waals surface area contributed by atoms with Crippen LogP contribution in [0.15, 0.2) is 36.4 Å². The molecule has 2 aromatic carbocycles. The van der Waals surface area contributed by atoms with E-state index in [0.29, 0.717) is 27.3 Å². The summed E-state index contributed by atoms with van der Waals surface area (Å²) in [6.45, 7) is 3.45. The number of aryl methyl sites for hydroxylation is 1. The molecule has 142 valence electrons. The lowest BCUT2D eigenvalue weighted by molar-refractivity contribution is 0.0986. The van der Waals surface area contributed by atoms with Gasteiger partial charge in [-0.25, -0.2) is 4.98 Å². The van der Waals surface area contributed by atoms with E-state index in [9.17, 15) is 4.79 Å². The third-order valence-corrected chi connectivity index (χ3v) is 5.84. The first kappa shape index (κ1) is 20.1. The Kier molecular flexibility index (Phi) is 6.37. The fourth-order valence-corrected chi connectivity index (χ4v) is 4.26. The smallest absolute Gasteiger partial charge is 0.261 e. The van der Waals surface area contributed by atoms with Crippen LogP contribution in [0.25, 0.3) is 10.2 Å². The number of halogens is 2. The maximum Gasteiger partial charge on any atom is 0.261 e. The summed E-state index contributed by atoms with van der Waals surface area (Å²) in [4.78, 5) is 21.8. The number of benzene rings is 2. The largest absolute Gasteiger partial charge is 0.309 e. The van der Waals surface area contributed by atoms with Gasteiger partial charge >= 0.3 is 0 Å². The summed E-state index contributed by atoms with van der Waals surface area (Å²) in [6.07, 6.45) is 0.825. The molecule has 0 unspecified atom stereocenters. The zero-order chi connectivity index (χ0) is 19.6. The summed E-state index contributed by atoms with van der Waals surface area (Å²) in [5.74, 6) is -0.182. The van der Waals surface area contributed by atoms with Crippen molar-refractivity contribution >= 4 is 55.8 Å². The molecule has 1 amide bonds. The molecule has 0 aliphatic heterocycles. The number of aromatic nitrogens is 1. The van der Waals surface area contributed by atoms with Crippen LogP contribution in [0.2, 0.25) is 10.0 Å². The van der Waals surface area contributed by atoms with Crippen LogP contribution in [0.3, 0.4) is 0 Å². The molecule has 0 saturated heterocycles. The van der Waals surface area contributed by atoms with E-state index in [1.165, 1.54) is 11.3 Å². The van der Waals surface area contributed by atoms with E-state index >= 15 is 0 Å². The van der Waals surface area contributed by atoms with Crippen molar-refractivity contribution in [3.8, 4) is 0 Å². The van der Waals surface area contributed by atoms with Crippen molar-refractivity contribution in [3.05, 3.63) is 57.6 Å². The SMILES string of the molecule is Cc1cccc2sc(N(CCCN(C)C)C(=O)c3cc(Cl)ccc3Cl)nc12. The van der Waals surface area contributed by atoms with Crippen molar-refractivity contribution < 1.29 is 4.79 Å². The zero-order valence-electron chi connectivity index (χ0n) is 15.5. The van der Waals surface area contributed by atoms with Crippen molar-refractivity contribution in [1.29, 1.82) is 0 Å². The van der Waals surface area contributed by atoms with Gasteiger partial charge in [-0.05, 0) is 63.8 Å². The first-order chi connectivity index (χ1) is 12.9. The molecule has 0 fully saturated rings. The minimum absolute atomic E-state index is 0.182. The number of carbonyl (C=O) groups is 1. The quantitative estimate of drug-likeness (QED) is 0.526. The standard InChI is InChI=1S/C20H21Cl2N3OS/c1-13-6-4-7-17-18(13)23-20(27-17)25(11-5-10-24(2)3)19(26)15-12-14(21)8-9-16(15)22/h4,6-9,12H,5,10-11H2,1-3H3. The van der Waals surface area contributed by atoms with Crippen molar-refractivity contribution in [2.75, 3.05) is 32.1 Å². The van der Waals surface area contributed by atoms with Gasteiger partial charge in [-0.1, -0.05) is 46.7 Å². The number of para-hydroxylation sites is 1. The van der Waals surface area contributed by atoms with Crippen molar-refractivity contribution in [2.24, 2.45) is 0 Å². The Hall–Kier alpha value is -1.66. The Morgan fingerprint density at radius 3 is 2.63 bits per heavy atom. The van der Waals surface area contributed by atoms with Crippen LogP contribution in [0.4, 0.5) is 5.13 Å². The van der Waals surface area contributed by atoms with Gasteiger partial charge in [-0.3, -0.25) is 9.69 Å². The Labute approximate surface area is 173 Å². The summed E-state index contributed by atoms with van der Waals surface area (Å²) in [7, 11) is 4.03. The molecule has 7 heteroatoms. The maximum absolute atomic E-state index is 13.3. The monoisotopic (exact) mass is 421 g/mol. The van der Waals surface area contributed by atoms with Crippen molar-refractivity contribution in [1.82, 2.24) is 9.88 Å². The normalized spacial score (nSPS) is 11.3. The molecule has 1 aromatic heterocycles. The second-order valence-electron chi connectivity index (χ2n) is 6.66. The number of amides is 1. The van der Waals surface area contributed by atoms with Gasteiger partial charge in [0.25, 0.3) is 5.91 Å². The van der Waals surface area contributed by atoms with E-state index in [0.717, 1.165) is 28.7 Å². The molecular weight excluding hydrogens is 401 g/mol. The summed E-state index contributed by atoms with van der Waals surface area (Å²) in [5.41, 5.74) is 2.42. The van der Waals surface area contributed by atoms with Gasteiger partial charge in [-0.2, -0.15) is 0 Å². The predicted octanol–water partition coefficient (Wildman–Crippen LogP) is 5.51. The highest BCUT2D eigenvalue weighted by atomic mass is 35.5. The molecule has 1 heterocycles. The van der Waals surface area contributed by atoms with Crippen LogP contribution >= 0.6 is 34.5 Å². The molecule has 0 saturated carbocycles. The Morgan fingerprint density at radius 2 is 1.93 bits per heavy atom. The van der Waals surface area contributed by atoms with Gasteiger partial charge in [0.1, 0.15) is 0 Å². The highest BCUT2D eigenvalue weighted by Gasteiger charge is 2.23. The molecule has 0 aliphatic carbocycles. The molecule has 3 rings (SSSR count). The molecule has 4 nitrogen and oxygen atoms in total. The number of anilines is 1. The molecule has 0 atom stereocenters. The van der Waals surface area contributed by atoms with E-state index < -0.39 is 0 Å². The predicted molar refractivity (Wildman–Crippen MR) is 116 cm³/mol. The van der Waals surface area contributed by atoms with Crippen molar-refractivity contribution in [3.63, 3.8) is 0 Å². The third kappa shape index (κ3) is 4.61. The third-order valence-electron chi connectivity index (χ3n) is 4.23. The minimum atomic E-state index is -0.182. The van der Waals surface area contributed by atoms with Gasteiger partial charge in [-0.15, -0.1) is 0 Å². The summed E-state index contributed by atoms with van der Waals surface area (Å²) in [5, 5.41) is 1.55. The number of thiazole rings is 1. The molecule has 0 aliphatic rings. The summed E-state index contributed by atoms with van der Waals surface area (Å²) < 4.78 is 1.06. The van der Waals surface area contributed by atoms with Gasteiger partial charge < -0.3 is 4.90 Å². The number of carbonyl (C=O) groups excluding carboxylic acids is 1. The number of hydrogen-bond acceptors (Lipinski definition) is 4. The molecule has 0 N–H and O–H groups in total. The number of fused-ring (bicyclic) bond motifs is 1. The summed E-state index contributed by atoms with van der Waals surface area (Å²) >= 11 is 13.9. The second-order valence-corrected chi connectivity index (χ2v) is 8.51. The Balaban J connectivity index is 2.00. The average molecular weight is 422 g/mol. The van der Waals surface area contributed by atoms with E-state index in [1.54, 1.807) is 23.1 Å². The van der Waals surface area contributed by atoms with Crippen molar-refractivity contribution in [2.45, 2.75) is 13.3 Å². The average Bonchev–Trinajstić information content (AvgIpc) is 3.05. The Morgan fingerprint density at radius 1 is 1.15 bits per heavy atom. The molecule has 0 radical (unpaired) electrons. The van der Waals surface area contributed by atoms with Crippen LogP contribution in [-0.4, -0.2) is 43.0 Å². The lowest BCUT2D eigenvalue weighted by atomic mass is 10.2. The first-order valence-corrected chi connectivity index (χ1v) is 10.2. The lowest BCUT2D eigenvalue weighted by Crippen LogP contribution is -2.33. The fraction of sp³-hybridized carbons (Fsp3) is 0.300. The van der Waals surface area contributed by atoms with Gasteiger partial charge in [0.15, 0.2) is 5.13 Å². The molecule has 27 heavy (non-hydrogen) atoms. The topological polar surface area (TPSA) is 36.4 Å². The van der Waals surface area contributed by atoms with Gasteiger partial charge in [0.2, 0.25) is 0 Å². The van der Waals surface area contributed by atoms with Crippen LogP contribution in [0, 0.1) is 6.92 Å². The number of hydrogen-bond donors (Lipinski definition) is 0. The van der Waals surface area contributed by atoms with E-state index in [2.05, 4.69) is 4.90 Å². The van der Waals surface area contributed by atoms with E-state index in [1.807, 2.05) is 39.2 Å². The highest BCUT2D eigenvalue weighted by molar-refractivity contribution is 7.22. The van der Waals surface area contributed by atoms with Gasteiger partial charge in [0, 0.05) is 11.6 Å². The van der Waals surface area contributed by atoms with Gasteiger partial charge in [0.05, 0.1) is 20.8 Å². The summed E-state index contributed by atoms with van der Waals surface area (Å²) in [6, 6.07) is 11.0. The van der Waals surface area contributed by atoms with Crippen LogP contribution < -0.4 is 4.90 Å². The van der Waals surface area contributed by atoms with Crippen LogP contribution in [0.1, 0.15) is 22.3 Å². The van der Waals surface area contributed by atoms with E-state index in [-0.39, 0.29) is 5.91 Å². The number of rotatable bonds is 6. The zero-order valence-corrected chi connectivity index (χ0v) is 17.8. The molecule has 0 bridgehead atoms. The second kappa shape index (κ2) is 8.57. The Bertz CT molecular complexity index is 971. The highest BCUT2D eigenvalue weighted by Crippen LogP contribution is 2.32. The number of nitrogens with zero attached hydrogens (tertiary/aromatic N) is 3.